The van der Waals surface area contributed by atoms with Crippen LogP contribution in [-0.2, 0) is 9.53 Å². The van der Waals surface area contributed by atoms with Gasteiger partial charge in [-0.3, -0.25) is 4.79 Å². The Bertz CT molecular complexity index is 931. The Morgan fingerprint density at radius 1 is 1.17 bits per heavy atom. The van der Waals surface area contributed by atoms with Gasteiger partial charge in [-0.25, -0.2) is 4.79 Å². The van der Waals surface area contributed by atoms with Crippen LogP contribution in [0.4, 0.5) is 0 Å². The topological polar surface area (TPSA) is 56.5 Å². The van der Waals surface area contributed by atoms with Crippen LogP contribution in [-0.4, -0.2) is 5.97 Å². The molecule has 5 heteroatoms. The van der Waals surface area contributed by atoms with E-state index >= 15 is 0 Å². The van der Waals surface area contributed by atoms with E-state index in [1.807, 2.05) is 18.2 Å². The lowest BCUT2D eigenvalue weighted by atomic mass is 10.0. The number of halogens is 1. The molecule has 0 radical (unpaired) electrons. The van der Waals surface area contributed by atoms with Crippen LogP contribution in [0.5, 0.6) is 0 Å². The fourth-order valence-electron chi connectivity index (χ4n) is 2.45. The first-order valence-electron chi connectivity index (χ1n) is 7.56. The highest BCUT2D eigenvalue weighted by molar-refractivity contribution is 6.31. The monoisotopic (exact) mass is 342 g/mol. The van der Waals surface area contributed by atoms with Crippen molar-refractivity contribution in [3.63, 3.8) is 0 Å². The van der Waals surface area contributed by atoms with Gasteiger partial charge in [0.15, 0.2) is 6.10 Å². The molecule has 0 fully saturated rings. The van der Waals surface area contributed by atoms with Crippen LogP contribution in [0, 0.1) is 0 Å². The van der Waals surface area contributed by atoms with E-state index in [4.69, 9.17) is 20.8 Å². The van der Waals surface area contributed by atoms with Gasteiger partial charge in [-0.2, -0.15) is 0 Å². The summed E-state index contributed by atoms with van der Waals surface area (Å²) in [4.78, 5) is 24.2. The highest BCUT2D eigenvalue weighted by atomic mass is 35.5. The van der Waals surface area contributed by atoms with Gasteiger partial charge in [0.1, 0.15) is 5.58 Å². The van der Waals surface area contributed by atoms with E-state index in [2.05, 4.69) is 0 Å². The van der Waals surface area contributed by atoms with E-state index in [9.17, 15) is 9.59 Å². The first-order chi connectivity index (χ1) is 11.6. The van der Waals surface area contributed by atoms with E-state index in [0.29, 0.717) is 21.6 Å². The molecule has 1 atom stereocenters. The molecule has 0 saturated heterocycles. The van der Waals surface area contributed by atoms with Crippen molar-refractivity contribution in [1.29, 1.82) is 0 Å². The molecule has 3 aromatic rings. The van der Waals surface area contributed by atoms with Gasteiger partial charge in [0, 0.05) is 16.8 Å². The largest absolute Gasteiger partial charge is 0.452 e. The van der Waals surface area contributed by atoms with E-state index in [-0.39, 0.29) is 12.0 Å². The Morgan fingerprint density at radius 2 is 1.92 bits per heavy atom. The van der Waals surface area contributed by atoms with Crippen LogP contribution in [0.25, 0.3) is 11.0 Å². The van der Waals surface area contributed by atoms with E-state index in [1.54, 1.807) is 43.3 Å². The van der Waals surface area contributed by atoms with Gasteiger partial charge in [-0.1, -0.05) is 48.9 Å². The van der Waals surface area contributed by atoms with Gasteiger partial charge in [0.25, 0.3) is 0 Å². The number of rotatable bonds is 4. The number of hydrogen-bond donors (Lipinski definition) is 0. The lowest BCUT2D eigenvalue weighted by Gasteiger charge is -2.17. The van der Waals surface area contributed by atoms with Crippen LogP contribution in [0.3, 0.4) is 0 Å². The van der Waals surface area contributed by atoms with Crippen molar-refractivity contribution >= 4 is 28.5 Å². The Kier molecular flexibility index (Phi) is 4.67. The molecular weight excluding hydrogens is 328 g/mol. The van der Waals surface area contributed by atoms with Gasteiger partial charge >= 0.3 is 11.6 Å². The van der Waals surface area contributed by atoms with E-state index in [1.165, 1.54) is 0 Å². The lowest BCUT2D eigenvalue weighted by molar-refractivity contribution is -0.147. The molecule has 1 heterocycles. The van der Waals surface area contributed by atoms with Crippen molar-refractivity contribution in [1.82, 2.24) is 0 Å². The Morgan fingerprint density at radius 3 is 2.62 bits per heavy atom. The molecule has 0 aliphatic heterocycles. The predicted octanol–water partition coefficient (Wildman–Crippen LogP) is 4.49. The Labute approximate surface area is 143 Å². The SMILES string of the molecule is CCC(=O)OC(c1ccccc1)c1cc2cc(Cl)ccc2oc1=O. The molecule has 4 nitrogen and oxygen atoms in total. The summed E-state index contributed by atoms with van der Waals surface area (Å²) < 4.78 is 10.9. The summed E-state index contributed by atoms with van der Waals surface area (Å²) in [6, 6.07) is 15.7. The summed E-state index contributed by atoms with van der Waals surface area (Å²) >= 11 is 6.01. The maximum absolute atomic E-state index is 12.4. The molecule has 2 aromatic carbocycles. The summed E-state index contributed by atoms with van der Waals surface area (Å²) in [6.45, 7) is 1.70. The smallest absolute Gasteiger partial charge is 0.343 e. The second-order valence-corrected chi connectivity index (χ2v) is 5.74. The molecule has 0 N–H and O–H groups in total. The Balaban J connectivity index is 2.16. The molecule has 122 valence electrons. The Hall–Kier alpha value is -2.59. The number of ether oxygens (including phenoxy) is 1. The van der Waals surface area contributed by atoms with Crippen molar-refractivity contribution in [2.75, 3.05) is 0 Å². The minimum atomic E-state index is -0.821. The van der Waals surface area contributed by atoms with Gasteiger partial charge < -0.3 is 9.15 Å². The number of benzene rings is 2. The van der Waals surface area contributed by atoms with E-state index in [0.717, 1.165) is 0 Å². The zero-order chi connectivity index (χ0) is 17.1. The van der Waals surface area contributed by atoms with Crippen LogP contribution in [0.1, 0.15) is 30.6 Å². The summed E-state index contributed by atoms with van der Waals surface area (Å²) in [5, 5.41) is 1.20. The van der Waals surface area contributed by atoms with Crippen LogP contribution in [0.2, 0.25) is 5.02 Å². The average molecular weight is 343 g/mol. The second kappa shape index (κ2) is 6.89. The minimum Gasteiger partial charge on any atom is -0.452 e. The van der Waals surface area contributed by atoms with E-state index < -0.39 is 17.7 Å². The maximum Gasteiger partial charge on any atom is 0.343 e. The fourth-order valence-corrected chi connectivity index (χ4v) is 2.63. The molecule has 0 spiro atoms. The molecule has 0 saturated carbocycles. The fraction of sp³-hybridized carbons (Fsp3) is 0.158. The number of carbonyl (C=O) groups is 1. The average Bonchev–Trinajstić information content (AvgIpc) is 2.60. The zero-order valence-corrected chi connectivity index (χ0v) is 13.7. The van der Waals surface area contributed by atoms with Crippen LogP contribution in [0.15, 0.2) is 63.8 Å². The van der Waals surface area contributed by atoms with Gasteiger partial charge in [0.05, 0.1) is 5.56 Å². The first-order valence-corrected chi connectivity index (χ1v) is 7.94. The zero-order valence-electron chi connectivity index (χ0n) is 13.0. The first kappa shape index (κ1) is 16.3. The van der Waals surface area contributed by atoms with Crippen molar-refractivity contribution in [3.05, 3.63) is 81.2 Å². The highest BCUT2D eigenvalue weighted by Gasteiger charge is 2.23. The molecule has 3 rings (SSSR count). The van der Waals surface area contributed by atoms with Crippen LogP contribution < -0.4 is 5.63 Å². The van der Waals surface area contributed by atoms with Crippen molar-refractivity contribution in [2.45, 2.75) is 19.4 Å². The standard InChI is InChI=1S/C19H15ClO4/c1-2-17(21)24-18(12-6-4-3-5-7-12)15-11-13-10-14(20)8-9-16(13)23-19(15)22/h3-11,18H,2H2,1H3. The van der Waals surface area contributed by atoms with Crippen molar-refractivity contribution in [2.24, 2.45) is 0 Å². The number of carbonyl (C=O) groups excluding carboxylic acids is 1. The quantitative estimate of drug-likeness (QED) is 0.518. The van der Waals surface area contributed by atoms with Crippen molar-refractivity contribution < 1.29 is 13.9 Å². The third-order valence-corrected chi connectivity index (χ3v) is 3.88. The summed E-state index contributed by atoms with van der Waals surface area (Å²) in [5.41, 5.74) is 0.857. The molecular formula is C19H15ClO4. The molecule has 0 aliphatic carbocycles. The second-order valence-electron chi connectivity index (χ2n) is 5.31. The number of hydrogen-bond acceptors (Lipinski definition) is 4. The molecule has 0 aliphatic rings. The minimum absolute atomic E-state index is 0.216. The third-order valence-electron chi connectivity index (χ3n) is 3.64. The van der Waals surface area contributed by atoms with Crippen molar-refractivity contribution in [3.8, 4) is 0 Å². The molecule has 24 heavy (non-hydrogen) atoms. The summed E-state index contributed by atoms with van der Waals surface area (Å²) in [7, 11) is 0. The molecule has 0 amide bonds. The third kappa shape index (κ3) is 3.34. The van der Waals surface area contributed by atoms with Gasteiger partial charge in [0.2, 0.25) is 0 Å². The molecule has 1 aromatic heterocycles. The van der Waals surface area contributed by atoms with Gasteiger partial charge in [-0.05, 0) is 29.8 Å². The molecule has 0 bridgehead atoms. The van der Waals surface area contributed by atoms with Crippen LogP contribution >= 0.6 is 11.6 Å². The highest BCUT2D eigenvalue weighted by Crippen LogP contribution is 2.27. The van der Waals surface area contributed by atoms with Gasteiger partial charge in [-0.15, -0.1) is 0 Å². The lowest BCUT2D eigenvalue weighted by Crippen LogP contribution is -2.19. The molecule has 1 unspecified atom stereocenters. The number of esters is 1. The maximum atomic E-state index is 12.4. The normalized spacial score (nSPS) is 12.1. The summed E-state index contributed by atoms with van der Waals surface area (Å²) in [5.74, 6) is -0.394. The predicted molar refractivity (Wildman–Crippen MR) is 92.2 cm³/mol. The summed E-state index contributed by atoms with van der Waals surface area (Å²) in [6.07, 6.45) is -0.605. The number of fused-ring (bicyclic) bond motifs is 1.